The molecule has 0 unspecified atom stereocenters. The van der Waals surface area contributed by atoms with Crippen molar-refractivity contribution < 1.29 is 9.53 Å². The molecule has 106 valence electrons. The maximum atomic E-state index is 11.9. The fourth-order valence-electron chi connectivity index (χ4n) is 1.48. The molecule has 5 heteroatoms. The molecule has 0 heterocycles. The third kappa shape index (κ3) is 6.32. The number of ether oxygens (including phenoxy) is 1. The molecule has 3 nitrogen and oxygen atoms in total. The number of halogens is 1. The number of hydrogen-bond donors (Lipinski definition) is 2. The quantitative estimate of drug-likeness (QED) is 0.598. The number of amides is 1. The van der Waals surface area contributed by atoms with Crippen molar-refractivity contribution in [1.82, 2.24) is 5.32 Å². The van der Waals surface area contributed by atoms with Crippen LogP contribution in [0, 0.1) is 5.92 Å². The average molecular weight is 302 g/mol. The molecule has 1 aromatic rings. The van der Waals surface area contributed by atoms with Crippen molar-refractivity contribution in [3.63, 3.8) is 0 Å². The van der Waals surface area contributed by atoms with Gasteiger partial charge in [0.2, 0.25) is 0 Å². The minimum Gasteiger partial charge on any atom is -0.381 e. The van der Waals surface area contributed by atoms with Crippen LogP contribution in [0.25, 0.3) is 0 Å². The van der Waals surface area contributed by atoms with Crippen LogP contribution in [-0.4, -0.2) is 25.7 Å². The molecular weight excluding hydrogens is 282 g/mol. The lowest BCUT2D eigenvalue weighted by Gasteiger charge is -2.09. The van der Waals surface area contributed by atoms with Crippen molar-refractivity contribution >= 4 is 30.1 Å². The molecule has 19 heavy (non-hydrogen) atoms. The van der Waals surface area contributed by atoms with Gasteiger partial charge in [0.15, 0.2) is 0 Å². The largest absolute Gasteiger partial charge is 0.381 e. The van der Waals surface area contributed by atoms with Gasteiger partial charge in [-0.15, -0.1) is 12.6 Å². The van der Waals surface area contributed by atoms with Crippen molar-refractivity contribution in [2.24, 2.45) is 5.92 Å². The molecule has 0 saturated carbocycles. The zero-order chi connectivity index (χ0) is 14.3. The molecule has 0 aromatic heterocycles. The molecule has 0 aliphatic heterocycles. The van der Waals surface area contributed by atoms with Gasteiger partial charge in [0.1, 0.15) is 0 Å². The van der Waals surface area contributed by atoms with Crippen LogP contribution in [0.1, 0.15) is 30.6 Å². The van der Waals surface area contributed by atoms with Gasteiger partial charge in [-0.3, -0.25) is 4.79 Å². The number of hydrogen-bond acceptors (Lipinski definition) is 3. The number of carbonyl (C=O) groups is 1. The predicted molar refractivity (Wildman–Crippen MR) is 81.3 cm³/mol. The highest BCUT2D eigenvalue weighted by Crippen LogP contribution is 2.19. The maximum absolute atomic E-state index is 11.9. The fourth-order valence-corrected chi connectivity index (χ4v) is 1.88. The summed E-state index contributed by atoms with van der Waals surface area (Å²) in [5, 5.41) is 3.25. The van der Waals surface area contributed by atoms with E-state index in [1.807, 2.05) is 0 Å². The fraction of sp³-hybridized carbons (Fsp3) is 0.500. The van der Waals surface area contributed by atoms with E-state index >= 15 is 0 Å². The van der Waals surface area contributed by atoms with Gasteiger partial charge in [-0.2, -0.15) is 0 Å². The summed E-state index contributed by atoms with van der Waals surface area (Å²) in [7, 11) is 0. The van der Waals surface area contributed by atoms with E-state index in [0.717, 1.165) is 17.9 Å². The van der Waals surface area contributed by atoms with Crippen LogP contribution in [0.4, 0.5) is 0 Å². The van der Waals surface area contributed by atoms with Crippen LogP contribution in [0.15, 0.2) is 23.1 Å². The van der Waals surface area contributed by atoms with E-state index < -0.39 is 0 Å². The molecule has 1 rings (SSSR count). The third-order valence-corrected chi connectivity index (χ3v) is 3.00. The Bertz CT molecular complexity index is 424. The van der Waals surface area contributed by atoms with Gasteiger partial charge in [0, 0.05) is 24.7 Å². The van der Waals surface area contributed by atoms with E-state index in [2.05, 4.69) is 31.8 Å². The third-order valence-electron chi connectivity index (χ3n) is 2.40. The Balaban J connectivity index is 2.29. The minimum absolute atomic E-state index is 0.176. The molecule has 0 atom stereocenters. The zero-order valence-electron chi connectivity index (χ0n) is 11.3. The van der Waals surface area contributed by atoms with Crippen LogP contribution in [-0.2, 0) is 4.74 Å². The first-order chi connectivity index (χ1) is 9.00. The monoisotopic (exact) mass is 301 g/mol. The number of thiol groups is 1. The minimum atomic E-state index is -0.176. The second kappa shape index (κ2) is 8.46. The Morgan fingerprint density at radius 2 is 2.21 bits per heavy atom. The zero-order valence-corrected chi connectivity index (χ0v) is 12.9. The summed E-state index contributed by atoms with van der Waals surface area (Å²) < 4.78 is 5.44. The van der Waals surface area contributed by atoms with Gasteiger partial charge in [0.25, 0.3) is 5.91 Å². The Morgan fingerprint density at radius 3 is 2.89 bits per heavy atom. The lowest BCUT2D eigenvalue weighted by atomic mass is 10.2. The van der Waals surface area contributed by atoms with E-state index in [4.69, 9.17) is 16.3 Å². The van der Waals surface area contributed by atoms with Crippen molar-refractivity contribution in [3.8, 4) is 0 Å². The highest BCUT2D eigenvalue weighted by atomic mass is 35.5. The molecule has 0 bridgehead atoms. The van der Waals surface area contributed by atoms with Crippen LogP contribution in [0.2, 0.25) is 5.02 Å². The SMILES string of the molecule is CC(C)COCCCNC(=O)c1cc(S)ccc1Cl. The Labute approximate surface area is 125 Å². The number of carbonyl (C=O) groups excluding carboxylic acids is 1. The summed E-state index contributed by atoms with van der Waals surface area (Å²) in [5.41, 5.74) is 0.456. The molecule has 1 N–H and O–H groups in total. The van der Waals surface area contributed by atoms with Gasteiger partial charge < -0.3 is 10.1 Å². The second-order valence-corrected chi connectivity index (χ2v) is 5.67. The highest BCUT2D eigenvalue weighted by molar-refractivity contribution is 7.80. The van der Waals surface area contributed by atoms with Gasteiger partial charge in [-0.1, -0.05) is 25.4 Å². The molecule has 1 aromatic carbocycles. The molecule has 0 saturated heterocycles. The second-order valence-electron chi connectivity index (χ2n) is 4.74. The molecule has 1 amide bonds. The summed E-state index contributed by atoms with van der Waals surface area (Å²) in [6, 6.07) is 5.09. The maximum Gasteiger partial charge on any atom is 0.252 e. The van der Waals surface area contributed by atoms with Crippen molar-refractivity contribution in [1.29, 1.82) is 0 Å². The van der Waals surface area contributed by atoms with E-state index in [0.29, 0.717) is 29.7 Å². The number of benzene rings is 1. The normalized spacial score (nSPS) is 10.8. The summed E-state index contributed by atoms with van der Waals surface area (Å²) in [6.45, 7) is 6.19. The standard InChI is InChI=1S/C14H20ClNO2S/c1-10(2)9-18-7-3-6-16-14(17)12-8-11(19)4-5-13(12)15/h4-5,8,10,19H,3,6-7,9H2,1-2H3,(H,16,17). The van der Waals surface area contributed by atoms with Gasteiger partial charge in [-0.25, -0.2) is 0 Å². The molecule has 0 aliphatic carbocycles. The summed E-state index contributed by atoms with van der Waals surface area (Å²) in [6.07, 6.45) is 0.788. The van der Waals surface area contributed by atoms with E-state index in [1.165, 1.54) is 0 Å². The van der Waals surface area contributed by atoms with Crippen molar-refractivity contribution in [2.75, 3.05) is 19.8 Å². The van der Waals surface area contributed by atoms with E-state index in [9.17, 15) is 4.79 Å². The summed E-state index contributed by atoms with van der Waals surface area (Å²) in [5.74, 6) is 0.358. The first kappa shape index (κ1) is 16.3. The first-order valence-corrected chi connectivity index (χ1v) is 7.17. The van der Waals surface area contributed by atoms with Crippen molar-refractivity contribution in [3.05, 3.63) is 28.8 Å². The summed E-state index contributed by atoms with van der Waals surface area (Å²) in [4.78, 5) is 12.6. The van der Waals surface area contributed by atoms with Crippen molar-refractivity contribution in [2.45, 2.75) is 25.2 Å². The van der Waals surface area contributed by atoms with Crippen LogP contribution < -0.4 is 5.32 Å². The van der Waals surface area contributed by atoms with Crippen LogP contribution >= 0.6 is 24.2 Å². The van der Waals surface area contributed by atoms with Crippen LogP contribution in [0.5, 0.6) is 0 Å². The Kier molecular flexibility index (Phi) is 7.28. The molecular formula is C14H20ClNO2S. The average Bonchev–Trinajstić information content (AvgIpc) is 2.36. The number of rotatable bonds is 7. The van der Waals surface area contributed by atoms with Crippen LogP contribution in [0.3, 0.4) is 0 Å². The van der Waals surface area contributed by atoms with Gasteiger partial charge in [-0.05, 0) is 30.5 Å². The topological polar surface area (TPSA) is 38.3 Å². The predicted octanol–water partition coefficient (Wildman–Crippen LogP) is 3.42. The molecule has 0 aliphatic rings. The number of nitrogens with one attached hydrogen (secondary N) is 1. The lowest BCUT2D eigenvalue weighted by molar-refractivity contribution is 0.0925. The Hall–Kier alpha value is -0.710. The van der Waals surface area contributed by atoms with E-state index in [1.54, 1.807) is 18.2 Å². The van der Waals surface area contributed by atoms with Gasteiger partial charge >= 0.3 is 0 Å². The molecule has 0 radical (unpaired) electrons. The summed E-state index contributed by atoms with van der Waals surface area (Å²) >= 11 is 10.2. The first-order valence-electron chi connectivity index (χ1n) is 6.35. The lowest BCUT2D eigenvalue weighted by Crippen LogP contribution is -2.25. The smallest absolute Gasteiger partial charge is 0.252 e. The van der Waals surface area contributed by atoms with Gasteiger partial charge in [0.05, 0.1) is 10.6 Å². The Morgan fingerprint density at radius 1 is 1.47 bits per heavy atom. The molecule has 0 fully saturated rings. The highest BCUT2D eigenvalue weighted by Gasteiger charge is 2.09. The van der Waals surface area contributed by atoms with E-state index in [-0.39, 0.29) is 5.91 Å². The molecule has 0 spiro atoms.